The average molecular weight is 399 g/mol. The number of nitrogens with zero attached hydrogens (tertiary/aromatic N) is 2. The van der Waals surface area contributed by atoms with Gasteiger partial charge in [0.25, 0.3) is 0 Å². The quantitative estimate of drug-likeness (QED) is 0.684. The van der Waals surface area contributed by atoms with Crippen molar-refractivity contribution in [1.29, 1.82) is 0 Å². The number of hydrogen-bond donors (Lipinski definition) is 0. The second-order valence-corrected chi connectivity index (χ2v) is 7.14. The number of ether oxygens (including phenoxy) is 3. The summed E-state index contributed by atoms with van der Waals surface area (Å²) in [6, 6.07) is 14.1. The van der Waals surface area contributed by atoms with Crippen molar-refractivity contribution in [3.63, 3.8) is 0 Å². The topological polar surface area (TPSA) is 51.2 Å². The van der Waals surface area contributed by atoms with Crippen molar-refractivity contribution in [2.45, 2.75) is 19.4 Å². The molecule has 0 aliphatic carbocycles. The Hall–Kier alpha value is -2.73. The smallest absolute Gasteiger partial charge is 0.222 e. The molecule has 2 aromatic rings. The Morgan fingerprint density at radius 1 is 0.862 bits per heavy atom. The maximum absolute atomic E-state index is 12.5. The van der Waals surface area contributed by atoms with E-state index < -0.39 is 0 Å². The molecule has 29 heavy (non-hydrogen) atoms. The van der Waals surface area contributed by atoms with Crippen molar-refractivity contribution >= 4 is 5.91 Å². The minimum atomic E-state index is 0.234. The number of hydrogen-bond acceptors (Lipinski definition) is 5. The normalized spacial score (nSPS) is 14.5. The number of aryl methyl sites for hydroxylation is 1. The van der Waals surface area contributed by atoms with Crippen molar-refractivity contribution in [1.82, 2.24) is 9.80 Å². The lowest BCUT2D eigenvalue weighted by Crippen LogP contribution is -2.48. The van der Waals surface area contributed by atoms with Crippen molar-refractivity contribution in [2.24, 2.45) is 0 Å². The van der Waals surface area contributed by atoms with E-state index in [-0.39, 0.29) is 5.91 Å². The first-order valence-corrected chi connectivity index (χ1v) is 9.98. The minimum Gasteiger partial charge on any atom is -0.493 e. The van der Waals surface area contributed by atoms with Crippen LogP contribution < -0.4 is 14.2 Å². The summed E-state index contributed by atoms with van der Waals surface area (Å²) in [7, 11) is 4.87. The Labute approximate surface area is 173 Å². The van der Waals surface area contributed by atoms with Crippen LogP contribution in [0.3, 0.4) is 0 Å². The zero-order valence-corrected chi connectivity index (χ0v) is 17.5. The van der Waals surface area contributed by atoms with Crippen molar-refractivity contribution in [3.05, 3.63) is 53.6 Å². The first-order valence-electron chi connectivity index (χ1n) is 9.98. The van der Waals surface area contributed by atoms with E-state index in [1.165, 1.54) is 5.56 Å². The van der Waals surface area contributed by atoms with E-state index >= 15 is 0 Å². The van der Waals surface area contributed by atoms with Gasteiger partial charge in [0.05, 0.1) is 21.3 Å². The van der Waals surface area contributed by atoms with Gasteiger partial charge >= 0.3 is 0 Å². The Balaban J connectivity index is 1.54. The molecule has 1 amide bonds. The number of methoxy groups -OCH3 is 3. The molecule has 1 fully saturated rings. The fourth-order valence-electron chi connectivity index (χ4n) is 3.74. The lowest BCUT2D eigenvalue weighted by atomic mass is 10.1. The van der Waals surface area contributed by atoms with Crippen LogP contribution in [0.2, 0.25) is 0 Å². The van der Waals surface area contributed by atoms with E-state index in [9.17, 15) is 4.79 Å². The largest absolute Gasteiger partial charge is 0.493 e. The standard InChI is InChI=1S/C23H30N2O4/c1-27-20-11-10-19(22(28-2)23(20)29-3)17-24-13-15-25(16-14-24)21(26)12-9-18-7-5-4-6-8-18/h4-8,10-11H,9,12-17H2,1-3H3. The zero-order chi connectivity index (χ0) is 20.6. The highest BCUT2D eigenvalue weighted by Gasteiger charge is 2.23. The van der Waals surface area contributed by atoms with Crippen molar-refractivity contribution in [2.75, 3.05) is 47.5 Å². The van der Waals surface area contributed by atoms with Gasteiger partial charge in [0.2, 0.25) is 11.7 Å². The number of carbonyl (C=O) groups is 1. The molecule has 156 valence electrons. The first-order chi connectivity index (χ1) is 14.2. The zero-order valence-electron chi connectivity index (χ0n) is 17.5. The molecule has 1 saturated heterocycles. The SMILES string of the molecule is COc1ccc(CN2CCN(C(=O)CCc3ccccc3)CC2)c(OC)c1OC. The number of piperazine rings is 1. The number of carbonyl (C=O) groups excluding carboxylic acids is 1. The molecule has 2 aromatic carbocycles. The summed E-state index contributed by atoms with van der Waals surface area (Å²) in [5.74, 6) is 2.20. The highest BCUT2D eigenvalue weighted by Crippen LogP contribution is 2.40. The molecule has 0 unspecified atom stereocenters. The lowest BCUT2D eigenvalue weighted by molar-refractivity contribution is -0.133. The van der Waals surface area contributed by atoms with Gasteiger partial charge in [-0.1, -0.05) is 36.4 Å². The van der Waals surface area contributed by atoms with Gasteiger partial charge in [0, 0.05) is 44.7 Å². The number of rotatable bonds is 8. The molecule has 0 spiro atoms. The van der Waals surface area contributed by atoms with Gasteiger partial charge < -0.3 is 19.1 Å². The predicted octanol–water partition coefficient (Wildman–Crippen LogP) is 2.99. The van der Waals surface area contributed by atoms with Crippen LogP contribution in [0.25, 0.3) is 0 Å². The summed E-state index contributed by atoms with van der Waals surface area (Å²) in [5, 5.41) is 0. The summed E-state index contributed by atoms with van der Waals surface area (Å²) < 4.78 is 16.4. The van der Waals surface area contributed by atoms with E-state index in [0.29, 0.717) is 23.7 Å². The van der Waals surface area contributed by atoms with Gasteiger partial charge in [-0.2, -0.15) is 0 Å². The summed E-state index contributed by atoms with van der Waals surface area (Å²) in [6.07, 6.45) is 1.36. The van der Waals surface area contributed by atoms with Crippen LogP contribution in [0, 0.1) is 0 Å². The van der Waals surface area contributed by atoms with Gasteiger partial charge in [-0.25, -0.2) is 0 Å². The van der Waals surface area contributed by atoms with E-state index in [0.717, 1.165) is 44.7 Å². The van der Waals surface area contributed by atoms with Crippen LogP contribution in [0.5, 0.6) is 17.2 Å². The van der Waals surface area contributed by atoms with Gasteiger partial charge in [0.15, 0.2) is 11.5 Å². The molecule has 3 rings (SSSR count). The number of amides is 1. The lowest BCUT2D eigenvalue weighted by Gasteiger charge is -2.35. The monoisotopic (exact) mass is 398 g/mol. The highest BCUT2D eigenvalue weighted by atomic mass is 16.5. The van der Waals surface area contributed by atoms with E-state index in [1.54, 1.807) is 21.3 Å². The van der Waals surface area contributed by atoms with Crippen LogP contribution >= 0.6 is 0 Å². The van der Waals surface area contributed by atoms with Crippen molar-refractivity contribution in [3.8, 4) is 17.2 Å². The van der Waals surface area contributed by atoms with Crippen LogP contribution in [-0.4, -0.2) is 63.2 Å². The van der Waals surface area contributed by atoms with Crippen LogP contribution in [-0.2, 0) is 17.8 Å². The van der Waals surface area contributed by atoms with Gasteiger partial charge in [-0.05, 0) is 18.1 Å². The average Bonchev–Trinajstić information content (AvgIpc) is 2.78. The third-order valence-corrected chi connectivity index (χ3v) is 5.38. The fraction of sp³-hybridized carbons (Fsp3) is 0.435. The highest BCUT2D eigenvalue weighted by molar-refractivity contribution is 5.76. The molecular weight excluding hydrogens is 368 g/mol. The summed E-state index contributed by atoms with van der Waals surface area (Å²) in [6.45, 7) is 3.94. The molecule has 6 heteroatoms. The molecule has 0 bridgehead atoms. The van der Waals surface area contributed by atoms with Crippen LogP contribution in [0.4, 0.5) is 0 Å². The first kappa shape index (κ1) is 21.0. The molecule has 1 heterocycles. The molecular formula is C23H30N2O4. The van der Waals surface area contributed by atoms with E-state index in [1.807, 2.05) is 35.2 Å². The predicted molar refractivity (Wildman–Crippen MR) is 113 cm³/mol. The molecule has 0 radical (unpaired) electrons. The van der Waals surface area contributed by atoms with Gasteiger partial charge in [-0.15, -0.1) is 0 Å². The molecule has 0 N–H and O–H groups in total. The third-order valence-electron chi connectivity index (χ3n) is 5.38. The Kier molecular flexibility index (Phi) is 7.36. The van der Waals surface area contributed by atoms with Crippen LogP contribution in [0.1, 0.15) is 17.5 Å². The third kappa shape index (κ3) is 5.21. The van der Waals surface area contributed by atoms with E-state index in [4.69, 9.17) is 14.2 Å². The molecule has 1 aliphatic rings. The number of benzene rings is 2. The second-order valence-electron chi connectivity index (χ2n) is 7.14. The fourth-order valence-corrected chi connectivity index (χ4v) is 3.74. The molecule has 0 saturated carbocycles. The van der Waals surface area contributed by atoms with Gasteiger partial charge in [-0.3, -0.25) is 9.69 Å². The summed E-state index contributed by atoms with van der Waals surface area (Å²) in [5.41, 5.74) is 2.26. The molecule has 6 nitrogen and oxygen atoms in total. The van der Waals surface area contributed by atoms with E-state index in [2.05, 4.69) is 17.0 Å². The minimum absolute atomic E-state index is 0.234. The summed E-state index contributed by atoms with van der Waals surface area (Å²) in [4.78, 5) is 16.9. The maximum Gasteiger partial charge on any atom is 0.222 e. The summed E-state index contributed by atoms with van der Waals surface area (Å²) >= 11 is 0. The Morgan fingerprint density at radius 2 is 1.55 bits per heavy atom. The van der Waals surface area contributed by atoms with Crippen LogP contribution in [0.15, 0.2) is 42.5 Å². The Morgan fingerprint density at radius 3 is 2.17 bits per heavy atom. The molecule has 0 atom stereocenters. The van der Waals surface area contributed by atoms with Gasteiger partial charge in [0.1, 0.15) is 0 Å². The molecule has 1 aliphatic heterocycles. The maximum atomic E-state index is 12.5. The Bertz CT molecular complexity index is 802. The second kappa shape index (κ2) is 10.2. The van der Waals surface area contributed by atoms with Crippen molar-refractivity contribution < 1.29 is 19.0 Å². The molecule has 0 aromatic heterocycles.